The first-order chi connectivity index (χ1) is 13.1. The fourth-order valence-corrected chi connectivity index (χ4v) is 4.09. The van der Waals surface area contributed by atoms with Gasteiger partial charge in [-0.05, 0) is 86.5 Å². The second-order valence-electron chi connectivity index (χ2n) is 8.02. The highest BCUT2D eigenvalue weighted by molar-refractivity contribution is 6.02. The van der Waals surface area contributed by atoms with Crippen molar-refractivity contribution in [1.29, 1.82) is 0 Å². The molecular formula is C25H34N2. The van der Waals surface area contributed by atoms with Crippen molar-refractivity contribution in [2.45, 2.75) is 46.2 Å². The summed E-state index contributed by atoms with van der Waals surface area (Å²) in [5.74, 6) is 0. The molecule has 0 N–H and O–H groups in total. The Morgan fingerprint density at radius 2 is 1.41 bits per heavy atom. The van der Waals surface area contributed by atoms with Crippen molar-refractivity contribution in [3.63, 3.8) is 0 Å². The van der Waals surface area contributed by atoms with Gasteiger partial charge in [-0.15, -0.1) is 0 Å². The summed E-state index contributed by atoms with van der Waals surface area (Å²) in [6.07, 6.45) is 2.45. The van der Waals surface area contributed by atoms with E-state index in [0.717, 1.165) is 13.1 Å². The van der Waals surface area contributed by atoms with Crippen molar-refractivity contribution in [3.05, 3.63) is 60.2 Å². The quantitative estimate of drug-likeness (QED) is 0.435. The van der Waals surface area contributed by atoms with E-state index in [9.17, 15) is 0 Å². The van der Waals surface area contributed by atoms with Gasteiger partial charge >= 0.3 is 0 Å². The third-order valence-electron chi connectivity index (χ3n) is 5.54. The Morgan fingerprint density at radius 1 is 0.815 bits per heavy atom. The molecule has 0 atom stereocenters. The second kappa shape index (κ2) is 9.34. The van der Waals surface area contributed by atoms with Crippen molar-refractivity contribution in [1.82, 2.24) is 9.80 Å². The molecule has 144 valence electrons. The number of nitrogens with zero attached hydrogens (tertiary/aromatic N) is 2. The van der Waals surface area contributed by atoms with E-state index in [1.54, 1.807) is 0 Å². The number of hydrogen-bond donors (Lipinski definition) is 0. The Balaban J connectivity index is 1.75. The molecule has 0 radical (unpaired) electrons. The van der Waals surface area contributed by atoms with Crippen LogP contribution in [-0.2, 0) is 6.54 Å². The molecule has 0 saturated heterocycles. The molecule has 27 heavy (non-hydrogen) atoms. The largest absolute Gasteiger partial charge is 0.302 e. The fraction of sp³-hybridized carbons (Fsp3) is 0.440. The zero-order valence-electron chi connectivity index (χ0n) is 17.4. The fourth-order valence-electron chi connectivity index (χ4n) is 4.09. The molecule has 3 aromatic rings. The van der Waals surface area contributed by atoms with Crippen LogP contribution in [0.25, 0.3) is 21.5 Å². The topological polar surface area (TPSA) is 6.48 Å². The van der Waals surface area contributed by atoms with Crippen LogP contribution in [0.4, 0.5) is 0 Å². The van der Waals surface area contributed by atoms with Gasteiger partial charge in [0, 0.05) is 12.6 Å². The van der Waals surface area contributed by atoms with E-state index < -0.39 is 0 Å². The minimum Gasteiger partial charge on any atom is -0.302 e. The molecule has 0 unspecified atom stereocenters. The smallest absolute Gasteiger partial charge is 0.0243 e. The molecule has 0 aromatic heterocycles. The van der Waals surface area contributed by atoms with Gasteiger partial charge in [0.15, 0.2) is 0 Å². The molecule has 0 fully saturated rings. The molecule has 0 aliphatic rings. The first-order valence-corrected chi connectivity index (χ1v) is 10.4. The SMILES string of the molecule is CCCN(CCCN(C)Cc1c2ccccc2cc2ccccc12)C(C)C. The number of fused-ring (bicyclic) bond motifs is 2. The predicted octanol–water partition coefficient (Wildman–Crippen LogP) is 5.94. The molecule has 0 amide bonds. The van der Waals surface area contributed by atoms with Gasteiger partial charge in [-0.25, -0.2) is 0 Å². The minimum absolute atomic E-state index is 0.636. The maximum Gasteiger partial charge on any atom is 0.0243 e. The van der Waals surface area contributed by atoms with Crippen LogP contribution in [0.2, 0.25) is 0 Å². The predicted molar refractivity (Wildman–Crippen MR) is 119 cm³/mol. The van der Waals surface area contributed by atoms with Crippen LogP contribution in [0, 0.1) is 0 Å². The average Bonchev–Trinajstić information content (AvgIpc) is 2.67. The lowest BCUT2D eigenvalue weighted by Crippen LogP contribution is -2.34. The van der Waals surface area contributed by atoms with Crippen molar-refractivity contribution in [2.75, 3.05) is 26.7 Å². The van der Waals surface area contributed by atoms with E-state index in [1.165, 1.54) is 53.0 Å². The Bertz CT molecular complexity index is 814. The molecule has 0 saturated carbocycles. The minimum atomic E-state index is 0.636. The molecule has 3 rings (SSSR count). The van der Waals surface area contributed by atoms with Crippen LogP contribution >= 0.6 is 0 Å². The van der Waals surface area contributed by atoms with Crippen LogP contribution in [0.5, 0.6) is 0 Å². The summed E-state index contributed by atoms with van der Waals surface area (Å²) >= 11 is 0. The van der Waals surface area contributed by atoms with Gasteiger partial charge in [0.2, 0.25) is 0 Å². The highest BCUT2D eigenvalue weighted by Crippen LogP contribution is 2.29. The van der Waals surface area contributed by atoms with E-state index >= 15 is 0 Å². The van der Waals surface area contributed by atoms with Gasteiger partial charge in [-0.2, -0.15) is 0 Å². The van der Waals surface area contributed by atoms with Crippen molar-refractivity contribution in [3.8, 4) is 0 Å². The number of benzene rings is 3. The van der Waals surface area contributed by atoms with E-state index in [-0.39, 0.29) is 0 Å². The number of rotatable bonds is 9. The van der Waals surface area contributed by atoms with Gasteiger partial charge in [0.05, 0.1) is 0 Å². The van der Waals surface area contributed by atoms with Crippen LogP contribution in [0.1, 0.15) is 39.2 Å². The first kappa shape index (κ1) is 19.9. The van der Waals surface area contributed by atoms with Gasteiger partial charge in [-0.1, -0.05) is 55.5 Å². The molecule has 2 heteroatoms. The van der Waals surface area contributed by atoms with Crippen molar-refractivity contribution < 1.29 is 0 Å². The van der Waals surface area contributed by atoms with Gasteiger partial charge in [0.1, 0.15) is 0 Å². The molecular weight excluding hydrogens is 328 g/mol. The Hall–Kier alpha value is -1.90. The maximum absolute atomic E-state index is 2.60. The van der Waals surface area contributed by atoms with E-state index in [2.05, 4.69) is 92.2 Å². The third kappa shape index (κ3) is 4.88. The summed E-state index contributed by atoms with van der Waals surface area (Å²) in [6, 6.07) is 20.6. The second-order valence-corrected chi connectivity index (χ2v) is 8.02. The van der Waals surface area contributed by atoms with E-state index in [4.69, 9.17) is 0 Å². The summed E-state index contributed by atoms with van der Waals surface area (Å²) in [4.78, 5) is 5.08. The molecule has 0 spiro atoms. The highest BCUT2D eigenvalue weighted by Gasteiger charge is 2.11. The number of hydrogen-bond acceptors (Lipinski definition) is 2. The van der Waals surface area contributed by atoms with Crippen LogP contribution < -0.4 is 0 Å². The standard InChI is InChI=1S/C25H34N2/c1-5-15-27(20(2)3)17-10-16-26(4)19-25-23-13-8-6-11-21(23)18-22-12-7-9-14-24(22)25/h6-9,11-14,18,20H,5,10,15-17,19H2,1-4H3. The van der Waals surface area contributed by atoms with E-state index in [0.29, 0.717) is 6.04 Å². The summed E-state index contributed by atoms with van der Waals surface area (Å²) in [5.41, 5.74) is 1.46. The zero-order chi connectivity index (χ0) is 19.2. The van der Waals surface area contributed by atoms with Crippen LogP contribution in [-0.4, -0.2) is 42.5 Å². The summed E-state index contributed by atoms with van der Waals surface area (Å²) in [5, 5.41) is 5.46. The monoisotopic (exact) mass is 362 g/mol. The third-order valence-corrected chi connectivity index (χ3v) is 5.54. The molecule has 2 nitrogen and oxygen atoms in total. The van der Waals surface area contributed by atoms with Crippen molar-refractivity contribution in [2.24, 2.45) is 0 Å². The lowest BCUT2D eigenvalue weighted by Gasteiger charge is -2.27. The summed E-state index contributed by atoms with van der Waals surface area (Å²) in [6.45, 7) is 11.4. The van der Waals surface area contributed by atoms with E-state index in [1.807, 2.05) is 0 Å². The zero-order valence-corrected chi connectivity index (χ0v) is 17.4. The lowest BCUT2D eigenvalue weighted by molar-refractivity contribution is 0.204. The molecule has 0 bridgehead atoms. The van der Waals surface area contributed by atoms with Crippen LogP contribution in [0.3, 0.4) is 0 Å². The van der Waals surface area contributed by atoms with Gasteiger partial charge < -0.3 is 9.80 Å². The summed E-state index contributed by atoms with van der Waals surface area (Å²) < 4.78 is 0. The Kier molecular flexibility index (Phi) is 6.87. The van der Waals surface area contributed by atoms with Crippen LogP contribution in [0.15, 0.2) is 54.6 Å². The van der Waals surface area contributed by atoms with Gasteiger partial charge in [-0.3, -0.25) is 0 Å². The highest BCUT2D eigenvalue weighted by atomic mass is 15.2. The maximum atomic E-state index is 2.60. The normalized spacial score (nSPS) is 12.1. The van der Waals surface area contributed by atoms with Gasteiger partial charge in [0.25, 0.3) is 0 Å². The average molecular weight is 363 g/mol. The molecule has 0 heterocycles. The van der Waals surface area contributed by atoms with Crippen molar-refractivity contribution >= 4 is 21.5 Å². The Labute approximate surface area is 164 Å². The molecule has 0 aliphatic carbocycles. The first-order valence-electron chi connectivity index (χ1n) is 10.4. The summed E-state index contributed by atoms with van der Waals surface area (Å²) in [7, 11) is 2.26. The Morgan fingerprint density at radius 3 is 1.96 bits per heavy atom. The molecule has 3 aromatic carbocycles. The lowest BCUT2D eigenvalue weighted by atomic mass is 9.96. The molecule has 0 aliphatic heterocycles.